The highest BCUT2D eigenvalue weighted by molar-refractivity contribution is 9.10. The van der Waals surface area contributed by atoms with Crippen LogP contribution >= 0.6 is 15.9 Å². The molecule has 2 aromatic carbocycles. The number of ether oxygens (including phenoxy) is 1. The second kappa shape index (κ2) is 5.69. The Labute approximate surface area is 131 Å². The number of methoxy groups -OCH3 is 1. The maximum Gasteiger partial charge on any atom is 0.138 e. The van der Waals surface area contributed by atoms with Crippen LogP contribution in [0.2, 0.25) is 0 Å². The van der Waals surface area contributed by atoms with Gasteiger partial charge in [0, 0.05) is 5.56 Å². The molecule has 5 heteroatoms. The van der Waals surface area contributed by atoms with Crippen molar-refractivity contribution in [1.29, 1.82) is 0 Å². The summed E-state index contributed by atoms with van der Waals surface area (Å²) in [4.78, 5) is 0. The van der Waals surface area contributed by atoms with Gasteiger partial charge in [-0.05, 0) is 47.1 Å². The summed E-state index contributed by atoms with van der Waals surface area (Å²) in [5.74, 6) is 0.814. The zero-order chi connectivity index (χ0) is 14.8. The zero-order valence-corrected chi connectivity index (χ0v) is 13.3. The highest BCUT2D eigenvalue weighted by Gasteiger charge is 2.13. The number of hydrogen-bond acceptors (Lipinski definition) is 3. The monoisotopic (exact) mass is 343 g/mol. The van der Waals surface area contributed by atoms with Gasteiger partial charge >= 0.3 is 0 Å². The maximum atomic E-state index is 5.16. The van der Waals surface area contributed by atoms with E-state index >= 15 is 0 Å². The predicted octanol–water partition coefficient (Wildman–Crippen LogP) is 4.01. The molecule has 0 aliphatic carbocycles. The molecule has 3 aromatic rings. The fourth-order valence-corrected chi connectivity index (χ4v) is 2.63. The topological polar surface area (TPSA) is 39.9 Å². The van der Waals surface area contributed by atoms with Gasteiger partial charge in [-0.1, -0.05) is 35.0 Å². The molecule has 0 saturated carbocycles. The van der Waals surface area contributed by atoms with Crippen LogP contribution in [0.1, 0.15) is 5.56 Å². The van der Waals surface area contributed by atoms with E-state index in [9.17, 15) is 0 Å². The van der Waals surface area contributed by atoms with Gasteiger partial charge in [0.05, 0.1) is 12.8 Å². The Balaban J connectivity index is 2.00. The van der Waals surface area contributed by atoms with E-state index in [4.69, 9.17) is 4.74 Å². The van der Waals surface area contributed by atoms with Gasteiger partial charge in [0.25, 0.3) is 0 Å². The summed E-state index contributed by atoms with van der Waals surface area (Å²) >= 11 is 3.59. The first-order valence-corrected chi connectivity index (χ1v) is 7.31. The SMILES string of the molecule is COc1ccc(-n2nnc(-c3ccc(C)cc3)c2Br)cc1. The van der Waals surface area contributed by atoms with Crippen molar-refractivity contribution in [1.82, 2.24) is 15.0 Å². The van der Waals surface area contributed by atoms with Crippen LogP contribution in [0.15, 0.2) is 53.1 Å². The fourth-order valence-electron chi connectivity index (χ4n) is 2.05. The van der Waals surface area contributed by atoms with E-state index in [-0.39, 0.29) is 0 Å². The number of nitrogens with zero attached hydrogens (tertiary/aromatic N) is 3. The third-order valence-electron chi connectivity index (χ3n) is 3.26. The van der Waals surface area contributed by atoms with Crippen LogP contribution < -0.4 is 4.74 Å². The van der Waals surface area contributed by atoms with Crippen LogP contribution in [-0.4, -0.2) is 22.1 Å². The minimum atomic E-state index is 0.814. The Morgan fingerprint density at radius 3 is 2.29 bits per heavy atom. The van der Waals surface area contributed by atoms with E-state index in [2.05, 4.69) is 45.3 Å². The molecule has 0 aliphatic heterocycles. The molecule has 0 spiro atoms. The number of aromatic nitrogens is 3. The summed E-state index contributed by atoms with van der Waals surface area (Å²) in [6, 6.07) is 15.9. The molecule has 0 fully saturated rings. The summed E-state index contributed by atoms with van der Waals surface area (Å²) < 4.78 is 7.75. The lowest BCUT2D eigenvalue weighted by atomic mass is 10.1. The summed E-state index contributed by atoms with van der Waals surface area (Å²) in [7, 11) is 1.65. The van der Waals surface area contributed by atoms with Gasteiger partial charge in [0.2, 0.25) is 0 Å². The molecule has 1 aromatic heterocycles. The van der Waals surface area contributed by atoms with Crippen molar-refractivity contribution >= 4 is 15.9 Å². The lowest BCUT2D eigenvalue weighted by Crippen LogP contribution is -1.96. The Bertz CT molecular complexity index is 748. The molecule has 1 heterocycles. The van der Waals surface area contributed by atoms with E-state index in [1.54, 1.807) is 11.8 Å². The van der Waals surface area contributed by atoms with Gasteiger partial charge in [-0.3, -0.25) is 0 Å². The molecule has 0 unspecified atom stereocenters. The summed E-state index contributed by atoms with van der Waals surface area (Å²) in [5, 5.41) is 8.49. The normalized spacial score (nSPS) is 10.6. The van der Waals surface area contributed by atoms with Gasteiger partial charge in [-0.25, -0.2) is 4.68 Å². The van der Waals surface area contributed by atoms with Crippen LogP contribution in [0.3, 0.4) is 0 Å². The number of benzene rings is 2. The Morgan fingerprint density at radius 1 is 1.00 bits per heavy atom. The molecule has 0 bridgehead atoms. The Kier molecular flexibility index (Phi) is 3.75. The van der Waals surface area contributed by atoms with Crippen LogP contribution in [0.5, 0.6) is 5.75 Å². The molecule has 106 valence electrons. The maximum absolute atomic E-state index is 5.16. The van der Waals surface area contributed by atoms with E-state index in [0.717, 1.165) is 27.3 Å². The molecule has 3 rings (SSSR count). The molecule has 0 N–H and O–H groups in total. The number of rotatable bonds is 3. The molecule has 0 radical (unpaired) electrons. The van der Waals surface area contributed by atoms with Gasteiger partial charge in [-0.15, -0.1) is 5.10 Å². The first-order chi connectivity index (χ1) is 10.2. The van der Waals surface area contributed by atoms with E-state index < -0.39 is 0 Å². The van der Waals surface area contributed by atoms with Crippen LogP contribution in [0.4, 0.5) is 0 Å². The van der Waals surface area contributed by atoms with Crippen LogP contribution in [0.25, 0.3) is 16.9 Å². The Morgan fingerprint density at radius 2 is 1.67 bits per heavy atom. The average Bonchev–Trinajstić information content (AvgIpc) is 2.90. The average molecular weight is 344 g/mol. The van der Waals surface area contributed by atoms with Crippen molar-refractivity contribution in [2.75, 3.05) is 7.11 Å². The van der Waals surface area contributed by atoms with Gasteiger partial charge < -0.3 is 4.74 Å². The van der Waals surface area contributed by atoms with Crippen molar-refractivity contribution in [3.05, 3.63) is 58.7 Å². The molecule has 0 amide bonds. The van der Waals surface area contributed by atoms with Crippen molar-refractivity contribution in [2.45, 2.75) is 6.92 Å². The van der Waals surface area contributed by atoms with E-state index in [1.807, 2.05) is 36.4 Å². The van der Waals surface area contributed by atoms with Crippen LogP contribution in [-0.2, 0) is 0 Å². The van der Waals surface area contributed by atoms with Gasteiger partial charge in [-0.2, -0.15) is 0 Å². The number of hydrogen-bond donors (Lipinski definition) is 0. The number of halogens is 1. The molecule has 0 aliphatic rings. The largest absolute Gasteiger partial charge is 0.497 e. The van der Waals surface area contributed by atoms with E-state index in [0.29, 0.717) is 0 Å². The molecular weight excluding hydrogens is 330 g/mol. The minimum absolute atomic E-state index is 0.814. The Hall–Kier alpha value is -2.14. The minimum Gasteiger partial charge on any atom is -0.497 e. The molecule has 0 saturated heterocycles. The second-order valence-electron chi connectivity index (χ2n) is 4.70. The number of aryl methyl sites for hydroxylation is 1. The van der Waals surface area contributed by atoms with Crippen molar-refractivity contribution in [3.63, 3.8) is 0 Å². The van der Waals surface area contributed by atoms with Gasteiger partial charge in [0.1, 0.15) is 16.0 Å². The smallest absolute Gasteiger partial charge is 0.138 e. The highest BCUT2D eigenvalue weighted by atomic mass is 79.9. The zero-order valence-electron chi connectivity index (χ0n) is 11.7. The van der Waals surface area contributed by atoms with Crippen molar-refractivity contribution in [2.24, 2.45) is 0 Å². The quantitative estimate of drug-likeness (QED) is 0.721. The lowest BCUT2D eigenvalue weighted by molar-refractivity contribution is 0.414. The lowest BCUT2D eigenvalue weighted by Gasteiger charge is -2.04. The first kappa shape index (κ1) is 13.8. The van der Waals surface area contributed by atoms with Crippen LogP contribution in [0, 0.1) is 6.92 Å². The fraction of sp³-hybridized carbons (Fsp3) is 0.125. The molecule has 0 atom stereocenters. The standard InChI is InChI=1S/C16H14BrN3O/c1-11-3-5-12(6-4-11)15-16(17)20(19-18-15)13-7-9-14(21-2)10-8-13/h3-10H,1-2H3. The van der Waals surface area contributed by atoms with Crippen molar-refractivity contribution < 1.29 is 4.74 Å². The predicted molar refractivity (Wildman–Crippen MR) is 85.8 cm³/mol. The second-order valence-corrected chi connectivity index (χ2v) is 5.46. The highest BCUT2D eigenvalue weighted by Crippen LogP contribution is 2.28. The summed E-state index contributed by atoms with van der Waals surface area (Å²) in [6.07, 6.45) is 0. The third kappa shape index (κ3) is 2.69. The third-order valence-corrected chi connectivity index (χ3v) is 3.97. The first-order valence-electron chi connectivity index (χ1n) is 6.51. The molecule has 4 nitrogen and oxygen atoms in total. The summed E-state index contributed by atoms with van der Waals surface area (Å²) in [5.41, 5.74) is 4.00. The molecule has 21 heavy (non-hydrogen) atoms. The molecular formula is C16H14BrN3O. The van der Waals surface area contributed by atoms with Gasteiger partial charge in [0.15, 0.2) is 0 Å². The van der Waals surface area contributed by atoms with Crippen molar-refractivity contribution in [3.8, 4) is 22.7 Å². The summed E-state index contributed by atoms with van der Waals surface area (Å²) in [6.45, 7) is 2.06. The van der Waals surface area contributed by atoms with E-state index in [1.165, 1.54) is 5.56 Å².